The molecule has 0 aliphatic carbocycles. The van der Waals surface area contributed by atoms with Gasteiger partial charge in [-0.3, -0.25) is 4.79 Å². The number of carbonyl (C=O) groups is 1. The summed E-state index contributed by atoms with van der Waals surface area (Å²) in [5, 5.41) is 5.91. The van der Waals surface area contributed by atoms with Gasteiger partial charge in [-0.05, 0) is 30.0 Å². The van der Waals surface area contributed by atoms with E-state index in [0.29, 0.717) is 11.3 Å². The second kappa shape index (κ2) is 7.14. The predicted octanol–water partition coefficient (Wildman–Crippen LogP) is 2.10. The molecule has 1 amide bonds. The Kier molecular flexibility index (Phi) is 5.82. The Balaban J connectivity index is 2.67. The summed E-state index contributed by atoms with van der Waals surface area (Å²) >= 11 is 0. The van der Waals surface area contributed by atoms with Crippen LogP contribution in [0.5, 0.6) is 0 Å². The quantitative estimate of drug-likeness (QED) is 0.668. The highest BCUT2D eigenvalue weighted by Gasteiger charge is 2.17. The van der Waals surface area contributed by atoms with Crippen molar-refractivity contribution in [3.63, 3.8) is 0 Å². The highest BCUT2D eigenvalue weighted by molar-refractivity contribution is 5.95. The van der Waals surface area contributed by atoms with Crippen molar-refractivity contribution in [2.75, 3.05) is 38.4 Å². The average Bonchev–Trinajstić information content (AvgIpc) is 2.43. The van der Waals surface area contributed by atoms with Crippen LogP contribution < -0.4 is 16.4 Å². The van der Waals surface area contributed by atoms with Crippen LogP contribution in [-0.2, 0) is 4.74 Å². The van der Waals surface area contributed by atoms with E-state index in [1.807, 2.05) is 6.07 Å². The maximum Gasteiger partial charge on any atom is 0.251 e. The summed E-state index contributed by atoms with van der Waals surface area (Å²) in [4.78, 5) is 11.5. The molecule has 0 saturated heterocycles. The van der Waals surface area contributed by atoms with Gasteiger partial charge in [-0.1, -0.05) is 13.8 Å². The zero-order chi connectivity index (χ0) is 15.2. The van der Waals surface area contributed by atoms with Crippen molar-refractivity contribution in [1.82, 2.24) is 5.32 Å². The Morgan fingerprint density at radius 1 is 1.40 bits per heavy atom. The number of hydrogen-bond donors (Lipinski definition) is 3. The van der Waals surface area contributed by atoms with Gasteiger partial charge in [0.25, 0.3) is 5.91 Å². The van der Waals surface area contributed by atoms with Gasteiger partial charge in [0.05, 0.1) is 11.4 Å². The highest BCUT2D eigenvalue weighted by atomic mass is 16.5. The molecule has 0 bridgehead atoms. The first-order valence-electron chi connectivity index (χ1n) is 6.74. The third-order valence-electron chi connectivity index (χ3n) is 3.28. The molecule has 5 heteroatoms. The van der Waals surface area contributed by atoms with Crippen molar-refractivity contribution in [3.05, 3.63) is 23.8 Å². The van der Waals surface area contributed by atoms with E-state index in [9.17, 15) is 4.79 Å². The number of nitrogen functional groups attached to an aromatic ring is 1. The molecular formula is C15H25N3O2. The summed E-state index contributed by atoms with van der Waals surface area (Å²) in [6, 6.07) is 5.29. The fourth-order valence-electron chi connectivity index (χ4n) is 1.81. The van der Waals surface area contributed by atoms with Crippen LogP contribution in [0.25, 0.3) is 0 Å². The first-order valence-corrected chi connectivity index (χ1v) is 6.74. The molecule has 0 atom stereocenters. The molecule has 4 N–H and O–H groups in total. The molecule has 1 aromatic carbocycles. The zero-order valence-electron chi connectivity index (χ0n) is 12.7. The largest absolute Gasteiger partial charge is 0.397 e. The molecule has 0 heterocycles. The van der Waals surface area contributed by atoms with E-state index in [0.717, 1.165) is 25.3 Å². The van der Waals surface area contributed by atoms with E-state index in [2.05, 4.69) is 24.5 Å². The number of nitrogens with one attached hydrogen (secondary N) is 2. The molecule has 112 valence electrons. The van der Waals surface area contributed by atoms with Crippen LogP contribution >= 0.6 is 0 Å². The summed E-state index contributed by atoms with van der Waals surface area (Å²) in [6.07, 6.45) is 0.965. The minimum atomic E-state index is -0.135. The molecule has 0 aliphatic rings. The fraction of sp³-hybridized carbons (Fsp3) is 0.533. The van der Waals surface area contributed by atoms with Crippen LogP contribution in [0.3, 0.4) is 0 Å². The first kappa shape index (κ1) is 16.3. The molecule has 5 nitrogen and oxygen atoms in total. The molecule has 20 heavy (non-hydrogen) atoms. The van der Waals surface area contributed by atoms with Crippen LogP contribution in [0.4, 0.5) is 11.4 Å². The van der Waals surface area contributed by atoms with Crippen molar-refractivity contribution in [2.24, 2.45) is 5.41 Å². The Labute approximate surface area is 120 Å². The van der Waals surface area contributed by atoms with Crippen LogP contribution in [0.1, 0.15) is 30.6 Å². The van der Waals surface area contributed by atoms with Crippen molar-refractivity contribution in [3.8, 4) is 0 Å². The lowest BCUT2D eigenvalue weighted by Crippen LogP contribution is -2.25. The minimum absolute atomic E-state index is 0.113. The molecule has 0 radical (unpaired) electrons. The SMILES string of the molecule is CNC(=O)c1ccc(NCC(C)(C)CCOC)c(N)c1. The Hall–Kier alpha value is -1.75. The predicted molar refractivity (Wildman–Crippen MR) is 83.0 cm³/mol. The molecule has 0 aliphatic heterocycles. The minimum Gasteiger partial charge on any atom is -0.397 e. The van der Waals surface area contributed by atoms with Gasteiger partial charge in [-0.15, -0.1) is 0 Å². The number of benzene rings is 1. The lowest BCUT2D eigenvalue weighted by atomic mass is 9.89. The van der Waals surface area contributed by atoms with Crippen LogP contribution in [0.2, 0.25) is 0 Å². The molecule has 0 unspecified atom stereocenters. The molecule has 0 fully saturated rings. The van der Waals surface area contributed by atoms with Gasteiger partial charge in [0.15, 0.2) is 0 Å². The second-order valence-electron chi connectivity index (χ2n) is 5.64. The van der Waals surface area contributed by atoms with Gasteiger partial charge in [-0.25, -0.2) is 0 Å². The topological polar surface area (TPSA) is 76.4 Å². The average molecular weight is 279 g/mol. The summed E-state index contributed by atoms with van der Waals surface area (Å²) in [5.74, 6) is -0.135. The van der Waals surface area contributed by atoms with Crippen LogP contribution in [0.15, 0.2) is 18.2 Å². The number of methoxy groups -OCH3 is 1. The number of nitrogens with two attached hydrogens (primary N) is 1. The molecule has 0 spiro atoms. The maximum absolute atomic E-state index is 11.5. The van der Waals surface area contributed by atoms with Crippen LogP contribution in [0, 0.1) is 5.41 Å². The standard InChI is InChI=1S/C15H25N3O2/c1-15(2,7-8-20-4)10-18-13-6-5-11(9-12(13)16)14(19)17-3/h5-6,9,18H,7-8,10,16H2,1-4H3,(H,17,19). The zero-order valence-corrected chi connectivity index (χ0v) is 12.7. The summed E-state index contributed by atoms with van der Waals surface area (Å²) in [5.41, 5.74) is 8.08. The number of ether oxygens (including phenoxy) is 1. The lowest BCUT2D eigenvalue weighted by Gasteiger charge is -2.25. The van der Waals surface area contributed by atoms with E-state index in [1.54, 1.807) is 26.3 Å². The molecule has 1 aromatic rings. The molecule has 1 rings (SSSR count). The fourth-order valence-corrected chi connectivity index (χ4v) is 1.81. The number of hydrogen-bond acceptors (Lipinski definition) is 4. The van der Waals surface area contributed by atoms with E-state index in [-0.39, 0.29) is 11.3 Å². The first-order chi connectivity index (χ1) is 9.39. The molecular weight excluding hydrogens is 254 g/mol. The normalized spacial score (nSPS) is 11.2. The van der Waals surface area contributed by atoms with E-state index < -0.39 is 0 Å². The van der Waals surface area contributed by atoms with Gasteiger partial charge in [-0.2, -0.15) is 0 Å². The number of anilines is 2. The van der Waals surface area contributed by atoms with Gasteiger partial charge in [0.1, 0.15) is 0 Å². The Morgan fingerprint density at radius 2 is 2.10 bits per heavy atom. The molecule has 0 aromatic heterocycles. The van der Waals surface area contributed by atoms with E-state index in [4.69, 9.17) is 10.5 Å². The van der Waals surface area contributed by atoms with Gasteiger partial charge < -0.3 is 21.1 Å². The Bertz CT molecular complexity index is 458. The van der Waals surface area contributed by atoms with Crippen LogP contribution in [-0.4, -0.2) is 33.2 Å². The van der Waals surface area contributed by atoms with Crippen molar-refractivity contribution in [1.29, 1.82) is 0 Å². The van der Waals surface area contributed by atoms with E-state index >= 15 is 0 Å². The van der Waals surface area contributed by atoms with Crippen molar-refractivity contribution in [2.45, 2.75) is 20.3 Å². The van der Waals surface area contributed by atoms with Crippen molar-refractivity contribution >= 4 is 17.3 Å². The summed E-state index contributed by atoms with van der Waals surface area (Å²) in [7, 11) is 3.31. The monoisotopic (exact) mass is 279 g/mol. The summed E-state index contributed by atoms with van der Waals surface area (Å²) < 4.78 is 5.11. The molecule has 0 saturated carbocycles. The maximum atomic E-state index is 11.5. The number of amides is 1. The summed E-state index contributed by atoms with van der Waals surface area (Å²) in [6.45, 7) is 5.88. The number of carbonyl (C=O) groups excluding carboxylic acids is 1. The van der Waals surface area contributed by atoms with Gasteiger partial charge in [0.2, 0.25) is 0 Å². The lowest BCUT2D eigenvalue weighted by molar-refractivity contribution is 0.0963. The third-order valence-corrected chi connectivity index (χ3v) is 3.28. The van der Waals surface area contributed by atoms with Crippen molar-refractivity contribution < 1.29 is 9.53 Å². The second-order valence-corrected chi connectivity index (χ2v) is 5.64. The van der Waals surface area contributed by atoms with Gasteiger partial charge in [0, 0.05) is 32.9 Å². The number of rotatable bonds is 7. The van der Waals surface area contributed by atoms with Gasteiger partial charge >= 0.3 is 0 Å². The Morgan fingerprint density at radius 3 is 2.65 bits per heavy atom. The van der Waals surface area contributed by atoms with E-state index in [1.165, 1.54) is 0 Å². The third kappa shape index (κ3) is 4.74. The highest BCUT2D eigenvalue weighted by Crippen LogP contribution is 2.24. The smallest absolute Gasteiger partial charge is 0.251 e.